The molecule has 1 aromatic carbocycles. The van der Waals surface area contributed by atoms with Gasteiger partial charge in [-0.1, -0.05) is 0 Å². The number of carbonyl (C=O) groups is 1. The highest BCUT2D eigenvalue weighted by molar-refractivity contribution is 5.85. The van der Waals surface area contributed by atoms with Gasteiger partial charge in [-0.2, -0.15) is 0 Å². The topological polar surface area (TPSA) is 54.0 Å². The molecule has 1 aromatic rings. The van der Waals surface area contributed by atoms with Crippen LogP contribution in [0.3, 0.4) is 0 Å². The van der Waals surface area contributed by atoms with Crippen molar-refractivity contribution in [2.45, 2.75) is 25.6 Å². The third kappa shape index (κ3) is 1.76. The molecule has 1 atom stereocenters. The fourth-order valence-electron chi connectivity index (χ4n) is 2.29. The number of benzene rings is 1. The van der Waals surface area contributed by atoms with E-state index in [4.69, 9.17) is 9.47 Å². The first-order chi connectivity index (χ1) is 9.36. The summed E-state index contributed by atoms with van der Waals surface area (Å²) in [7, 11) is 0. The lowest BCUT2D eigenvalue weighted by Gasteiger charge is -2.20. The minimum atomic E-state index is -3.70. The van der Waals surface area contributed by atoms with Gasteiger partial charge in [0.25, 0.3) is 0 Å². The summed E-state index contributed by atoms with van der Waals surface area (Å²) in [5, 5.41) is 0. The minimum Gasteiger partial charge on any atom is -0.492 e. The van der Waals surface area contributed by atoms with E-state index in [0.29, 0.717) is 11.3 Å². The predicted molar refractivity (Wildman–Crippen MR) is 62.1 cm³/mol. The van der Waals surface area contributed by atoms with Crippen molar-refractivity contribution in [1.29, 1.82) is 0 Å². The Bertz CT molecular complexity index is 586. The molecule has 0 fully saturated rings. The van der Waals surface area contributed by atoms with Gasteiger partial charge in [0.1, 0.15) is 17.8 Å². The van der Waals surface area contributed by atoms with Gasteiger partial charge >= 0.3 is 12.3 Å². The zero-order valence-corrected chi connectivity index (χ0v) is 10.9. The smallest absolute Gasteiger partial charge is 0.492 e. The van der Waals surface area contributed by atoms with Gasteiger partial charge in [-0.3, -0.25) is 4.79 Å². The van der Waals surface area contributed by atoms with Crippen LogP contribution in [0.25, 0.3) is 0 Å². The summed E-state index contributed by atoms with van der Waals surface area (Å²) in [6.07, 6.45) is -3.70. The average Bonchev–Trinajstić information content (AvgIpc) is 2.84. The highest BCUT2D eigenvalue weighted by atomic mass is 19.3. The van der Waals surface area contributed by atoms with Crippen molar-refractivity contribution < 1.29 is 32.5 Å². The maximum absolute atomic E-state index is 13.0. The maximum Gasteiger partial charge on any atom is 0.586 e. The van der Waals surface area contributed by atoms with Crippen molar-refractivity contribution in [2.75, 3.05) is 13.2 Å². The van der Waals surface area contributed by atoms with Crippen LogP contribution in [0.15, 0.2) is 12.1 Å². The Balaban J connectivity index is 2.01. The number of ether oxygens (including phenoxy) is 4. The van der Waals surface area contributed by atoms with E-state index in [1.807, 2.05) is 0 Å². The van der Waals surface area contributed by atoms with Crippen molar-refractivity contribution in [3.05, 3.63) is 17.7 Å². The number of hydrogen-bond donors (Lipinski definition) is 0. The van der Waals surface area contributed by atoms with Gasteiger partial charge in [0.2, 0.25) is 0 Å². The molecular weight excluding hydrogens is 274 g/mol. The van der Waals surface area contributed by atoms with Gasteiger partial charge in [0.05, 0.1) is 6.61 Å². The predicted octanol–water partition coefficient (Wildman–Crippen LogP) is 2.22. The first-order valence-corrected chi connectivity index (χ1v) is 6.10. The number of hydrogen-bond acceptors (Lipinski definition) is 5. The number of halogens is 2. The summed E-state index contributed by atoms with van der Waals surface area (Å²) in [6.45, 7) is 3.64. The Labute approximate surface area is 113 Å². The van der Waals surface area contributed by atoms with E-state index in [0.717, 1.165) is 0 Å². The third-order valence-electron chi connectivity index (χ3n) is 3.34. The molecule has 108 valence electrons. The summed E-state index contributed by atoms with van der Waals surface area (Å²) in [4.78, 5) is 12.0. The van der Waals surface area contributed by atoms with Crippen molar-refractivity contribution in [2.24, 2.45) is 0 Å². The van der Waals surface area contributed by atoms with Crippen LogP contribution >= 0.6 is 0 Å². The molecular formula is C13H12F2O5. The largest absolute Gasteiger partial charge is 0.586 e. The standard InChI is InChI=1S/C13H12F2O5/c1-3-17-11(16)12(2)6-18-8-5-10-9(4-7(8)12)19-13(14,15)20-10/h4-5H,3,6H2,1-2H3. The second-order valence-corrected chi connectivity index (χ2v) is 4.80. The van der Waals surface area contributed by atoms with Crippen LogP contribution in [-0.2, 0) is 14.9 Å². The quantitative estimate of drug-likeness (QED) is 0.780. The molecule has 5 nitrogen and oxygen atoms in total. The second kappa shape index (κ2) is 3.97. The summed E-state index contributed by atoms with van der Waals surface area (Å²) >= 11 is 0. The van der Waals surface area contributed by atoms with Gasteiger partial charge in [-0.15, -0.1) is 8.78 Å². The van der Waals surface area contributed by atoms with Crippen LogP contribution in [0, 0.1) is 0 Å². The van der Waals surface area contributed by atoms with Gasteiger partial charge in [-0.05, 0) is 19.9 Å². The molecule has 2 aliphatic heterocycles. The number of fused-ring (bicyclic) bond motifs is 2. The first kappa shape index (κ1) is 13.0. The van der Waals surface area contributed by atoms with Crippen LogP contribution in [0.2, 0.25) is 0 Å². The second-order valence-electron chi connectivity index (χ2n) is 4.80. The summed E-state index contributed by atoms with van der Waals surface area (Å²) in [6, 6.07) is 2.64. The number of carbonyl (C=O) groups excluding carboxylic acids is 1. The Morgan fingerprint density at radius 1 is 1.30 bits per heavy atom. The van der Waals surface area contributed by atoms with Crippen LogP contribution in [0.4, 0.5) is 8.78 Å². The zero-order valence-electron chi connectivity index (χ0n) is 10.9. The molecule has 1 unspecified atom stereocenters. The monoisotopic (exact) mass is 286 g/mol. The van der Waals surface area contributed by atoms with E-state index in [1.165, 1.54) is 12.1 Å². The molecule has 3 rings (SSSR count). The number of esters is 1. The first-order valence-electron chi connectivity index (χ1n) is 6.10. The van der Waals surface area contributed by atoms with E-state index in [2.05, 4.69) is 9.47 Å². The van der Waals surface area contributed by atoms with Crippen LogP contribution < -0.4 is 14.2 Å². The highest BCUT2D eigenvalue weighted by Gasteiger charge is 2.49. The number of alkyl halides is 2. The number of rotatable bonds is 2. The van der Waals surface area contributed by atoms with Crippen molar-refractivity contribution in [3.63, 3.8) is 0 Å². The molecule has 0 saturated carbocycles. The molecule has 0 spiro atoms. The summed E-state index contributed by atoms with van der Waals surface area (Å²) < 4.78 is 45.2. The van der Waals surface area contributed by atoms with E-state index in [-0.39, 0.29) is 24.7 Å². The summed E-state index contributed by atoms with van der Waals surface area (Å²) in [5.74, 6) is -0.374. The fraction of sp³-hybridized carbons (Fsp3) is 0.462. The fourth-order valence-corrected chi connectivity index (χ4v) is 2.29. The molecule has 0 aliphatic carbocycles. The Kier molecular flexibility index (Phi) is 2.57. The lowest BCUT2D eigenvalue weighted by atomic mass is 9.84. The third-order valence-corrected chi connectivity index (χ3v) is 3.34. The van der Waals surface area contributed by atoms with E-state index >= 15 is 0 Å². The molecule has 0 bridgehead atoms. The van der Waals surface area contributed by atoms with Crippen LogP contribution in [0.1, 0.15) is 19.4 Å². The average molecular weight is 286 g/mol. The summed E-state index contributed by atoms with van der Waals surface area (Å²) in [5.41, 5.74) is -0.585. The Morgan fingerprint density at radius 3 is 2.60 bits per heavy atom. The normalized spacial score (nSPS) is 25.0. The molecule has 20 heavy (non-hydrogen) atoms. The molecule has 7 heteroatoms. The lowest BCUT2D eigenvalue weighted by Crippen LogP contribution is -2.36. The van der Waals surface area contributed by atoms with E-state index in [9.17, 15) is 13.6 Å². The molecule has 0 aromatic heterocycles. The SMILES string of the molecule is CCOC(=O)C1(C)COc2cc3c(cc21)OC(F)(F)O3. The minimum absolute atomic E-state index is 0.0838. The van der Waals surface area contributed by atoms with Gasteiger partial charge < -0.3 is 18.9 Å². The molecule has 0 radical (unpaired) electrons. The van der Waals surface area contributed by atoms with E-state index < -0.39 is 17.7 Å². The van der Waals surface area contributed by atoms with Crippen LogP contribution in [0.5, 0.6) is 17.2 Å². The van der Waals surface area contributed by atoms with Crippen molar-refractivity contribution in [1.82, 2.24) is 0 Å². The molecule has 0 amide bonds. The van der Waals surface area contributed by atoms with Gasteiger partial charge in [0.15, 0.2) is 11.5 Å². The maximum atomic E-state index is 13.0. The Hall–Kier alpha value is -2.05. The zero-order chi connectivity index (χ0) is 14.5. The van der Waals surface area contributed by atoms with Crippen molar-refractivity contribution in [3.8, 4) is 17.2 Å². The molecule has 0 saturated heterocycles. The van der Waals surface area contributed by atoms with Gasteiger partial charge in [-0.25, -0.2) is 0 Å². The molecule has 0 N–H and O–H groups in total. The highest BCUT2D eigenvalue weighted by Crippen LogP contribution is 2.49. The van der Waals surface area contributed by atoms with Crippen LogP contribution in [-0.4, -0.2) is 25.5 Å². The lowest BCUT2D eigenvalue weighted by molar-refractivity contribution is -0.286. The molecule has 2 heterocycles. The van der Waals surface area contributed by atoms with E-state index in [1.54, 1.807) is 13.8 Å². The van der Waals surface area contributed by atoms with Gasteiger partial charge in [0, 0.05) is 11.6 Å². The van der Waals surface area contributed by atoms with Crippen molar-refractivity contribution >= 4 is 5.97 Å². The Morgan fingerprint density at radius 2 is 1.95 bits per heavy atom. The molecule has 2 aliphatic rings.